The quantitative estimate of drug-likeness (QED) is 0.713. The second kappa shape index (κ2) is 8.59. The highest BCUT2D eigenvalue weighted by molar-refractivity contribution is 5.77. The van der Waals surface area contributed by atoms with Crippen LogP contribution in [0.1, 0.15) is 23.1 Å². The Balaban J connectivity index is 1.70. The Hall–Kier alpha value is -3.45. The van der Waals surface area contributed by atoms with Gasteiger partial charge in [0.2, 0.25) is 5.91 Å². The topological polar surface area (TPSA) is 58.1 Å². The van der Waals surface area contributed by atoms with Gasteiger partial charge in [-0.3, -0.25) is 4.79 Å². The van der Waals surface area contributed by atoms with Gasteiger partial charge in [-0.2, -0.15) is 10.3 Å². The van der Waals surface area contributed by atoms with Crippen molar-refractivity contribution in [1.82, 2.24) is 4.57 Å². The van der Waals surface area contributed by atoms with Crippen LogP contribution < -0.4 is 5.49 Å². The number of nitriles is 1. The van der Waals surface area contributed by atoms with E-state index in [1.54, 1.807) is 12.1 Å². The zero-order valence-electron chi connectivity index (χ0n) is 14.4. The Morgan fingerprint density at radius 3 is 2.38 bits per heavy atom. The molecule has 0 aliphatic carbocycles. The maximum Gasteiger partial charge on any atom is 0.247 e. The molecule has 1 amide bonds. The number of amides is 1. The van der Waals surface area contributed by atoms with Crippen molar-refractivity contribution in [1.29, 1.82) is 5.26 Å². The molecule has 0 saturated carbocycles. The highest BCUT2D eigenvalue weighted by atomic mass is 16.1. The van der Waals surface area contributed by atoms with Gasteiger partial charge in [0.1, 0.15) is 5.49 Å². The molecule has 0 N–H and O–H groups in total. The average Bonchev–Trinajstić information content (AvgIpc) is 2.69. The van der Waals surface area contributed by atoms with E-state index in [0.717, 1.165) is 11.1 Å². The van der Waals surface area contributed by atoms with Crippen molar-refractivity contribution < 1.29 is 4.79 Å². The molecule has 1 aromatic heterocycles. The van der Waals surface area contributed by atoms with E-state index in [1.165, 1.54) is 0 Å². The van der Waals surface area contributed by atoms with E-state index >= 15 is 0 Å². The SMILES string of the molecule is N#Cc1ccc(CCC(=O)N=c2ccccn2Cc2ccccc2)cc1. The smallest absolute Gasteiger partial charge is 0.247 e. The van der Waals surface area contributed by atoms with Crippen molar-refractivity contribution in [2.24, 2.45) is 4.99 Å². The van der Waals surface area contributed by atoms with Crippen molar-refractivity contribution in [3.05, 3.63) is 101 Å². The number of benzene rings is 2. The Bertz CT molecular complexity index is 980. The number of aromatic nitrogens is 1. The number of nitrogens with zero attached hydrogens (tertiary/aromatic N) is 3. The zero-order valence-corrected chi connectivity index (χ0v) is 14.4. The maximum atomic E-state index is 12.3. The van der Waals surface area contributed by atoms with Crippen LogP contribution in [0.2, 0.25) is 0 Å². The van der Waals surface area contributed by atoms with Crippen LogP contribution in [0.25, 0.3) is 0 Å². The number of carbonyl (C=O) groups excluding carboxylic acids is 1. The van der Waals surface area contributed by atoms with Gasteiger partial charge in [-0.05, 0) is 41.8 Å². The summed E-state index contributed by atoms with van der Waals surface area (Å²) in [5.74, 6) is -0.151. The monoisotopic (exact) mass is 341 g/mol. The first-order chi connectivity index (χ1) is 12.7. The van der Waals surface area contributed by atoms with Gasteiger partial charge in [0.05, 0.1) is 11.6 Å². The number of pyridine rings is 1. The summed E-state index contributed by atoms with van der Waals surface area (Å²) in [4.78, 5) is 16.6. The lowest BCUT2D eigenvalue weighted by atomic mass is 10.1. The molecule has 128 valence electrons. The van der Waals surface area contributed by atoms with Gasteiger partial charge < -0.3 is 4.57 Å². The normalized spacial score (nSPS) is 11.1. The molecule has 0 aliphatic rings. The molecular formula is C22H19N3O. The van der Waals surface area contributed by atoms with Gasteiger partial charge in [0.25, 0.3) is 0 Å². The first-order valence-corrected chi connectivity index (χ1v) is 8.50. The lowest BCUT2D eigenvalue weighted by Crippen LogP contribution is -2.22. The molecule has 3 aromatic rings. The fourth-order valence-electron chi connectivity index (χ4n) is 2.66. The molecule has 0 unspecified atom stereocenters. The number of aryl methyl sites for hydroxylation is 1. The van der Waals surface area contributed by atoms with Crippen LogP contribution in [-0.4, -0.2) is 10.5 Å². The second-order valence-electron chi connectivity index (χ2n) is 5.99. The minimum atomic E-state index is -0.151. The second-order valence-corrected chi connectivity index (χ2v) is 5.99. The zero-order chi connectivity index (χ0) is 18.2. The molecule has 3 rings (SSSR count). The van der Waals surface area contributed by atoms with E-state index in [2.05, 4.69) is 23.2 Å². The highest BCUT2D eigenvalue weighted by Gasteiger charge is 2.03. The lowest BCUT2D eigenvalue weighted by Gasteiger charge is -2.07. The molecule has 4 nitrogen and oxygen atoms in total. The van der Waals surface area contributed by atoms with Crippen molar-refractivity contribution in [3.8, 4) is 6.07 Å². The largest absolute Gasteiger partial charge is 0.329 e. The van der Waals surface area contributed by atoms with E-state index in [0.29, 0.717) is 30.4 Å². The Kier molecular flexibility index (Phi) is 5.74. The van der Waals surface area contributed by atoms with E-state index < -0.39 is 0 Å². The Morgan fingerprint density at radius 2 is 1.65 bits per heavy atom. The molecule has 4 heteroatoms. The van der Waals surface area contributed by atoms with Crippen molar-refractivity contribution >= 4 is 5.91 Å². The lowest BCUT2D eigenvalue weighted by molar-refractivity contribution is -0.118. The average molecular weight is 341 g/mol. The number of rotatable bonds is 5. The summed E-state index contributed by atoms with van der Waals surface area (Å²) in [6.45, 7) is 0.670. The Labute approximate surface area is 152 Å². The highest BCUT2D eigenvalue weighted by Crippen LogP contribution is 2.06. The molecule has 2 aromatic carbocycles. The van der Waals surface area contributed by atoms with Crippen LogP contribution in [0.5, 0.6) is 0 Å². The first kappa shape index (κ1) is 17.4. The standard InChI is InChI=1S/C22H19N3O/c23-16-19-11-9-18(10-12-19)13-14-22(26)24-21-8-4-5-15-25(21)17-20-6-2-1-3-7-20/h1-12,15H,13-14,17H2. The van der Waals surface area contributed by atoms with Gasteiger partial charge >= 0.3 is 0 Å². The molecule has 0 bridgehead atoms. The van der Waals surface area contributed by atoms with Crippen molar-refractivity contribution in [2.75, 3.05) is 0 Å². The maximum absolute atomic E-state index is 12.3. The molecule has 0 spiro atoms. The predicted octanol–water partition coefficient (Wildman–Crippen LogP) is 3.47. The van der Waals surface area contributed by atoms with Crippen LogP contribution in [0.4, 0.5) is 0 Å². The molecule has 0 saturated heterocycles. The molecular weight excluding hydrogens is 322 g/mol. The fourth-order valence-corrected chi connectivity index (χ4v) is 2.66. The molecule has 1 heterocycles. The molecule has 0 radical (unpaired) electrons. The van der Waals surface area contributed by atoms with Crippen LogP contribution in [-0.2, 0) is 17.8 Å². The minimum Gasteiger partial charge on any atom is -0.329 e. The van der Waals surface area contributed by atoms with E-state index in [9.17, 15) is 4.79 Å². The summed E-state index contributed by atoms with van der Waals surface area (Å²) in [7, 11) is 0. The molecule has 0 atom stereocenters. The van der Waals surface area contributed by atoms with Crippen molar-refractivity contribution in [3.63, 3.8) is 0 Å². The van der Waals surface area contributed by atoms with Gasteiger partial charge in [0.15, 0.2) is 0 Å². The van der Waals surface area contributed by atoms with Crippen LogP contribution in [0.3, 0.4) is 0 Å². The fraction of sp³-hybridized carbons (Fsp3) is 0.136. The number of hydrogen-bond donors (Lipinski definition) is 0. The third kappa shape index (κ3) is 4.78. The summed E-state index contributed by atoms with van der Waals surface area (Å²) in [6, 6.07) is 25.1. The van der Waals surface area contributed by atoms with E-state index in [1.807, 2.05) is 59.3 Å². The summed E-state index contributed by atoms with van der Waals surface area (Å²) in [5, 5.41) is 8.82. The molecule has 0 fully saturated rings. The van der Waals surface area contributed by atoms with Crippen molar-refractivity contribution in [2.45, 2.75) is 19.4 Å². The van der Waals surface area contributed by atoms with E-state index in [-0.39, 0.29) is 5.91 Å². The van der Waals surface area contributed by atoms with Gasteiger partial charge in [-0.15, -0.1) is 0 Å². The summed E-state index contributed by atoms with van der Waals surface area (Å²) in [6.07, 6.45) is 2.88. The Morgan fingerprint density at radius 1 is 0.923 bits per heavy atom. The van der Waals surface area contributed by atoms with Gasteiger partial charge in [0, 0.05) is 19.2 Å². The molecule has 0 aliphatic heterocycles. The minimum absolute atomic E-state index is 0.151. The third-order valence-electron chi connectivity index (χ3n) is 4.06. The van der Waals surface area contributed by atoms with Crippen LogP contribution >= 0.6 is 0 Å². The third-order valence-corrected chi connectivity index (χ3v) is 4.06. The summed E-state index contributed by atoms with van der Waals surface area (Å²) >= 11 is 0. The van der Waals surface area contributed by atoms with Crippen LogP contribution in [0.15, 0.2) is 84.0 Å². The summed E-state index contributed by atoms with van der Waals surface area (Å²) in [5.41, 5.74) is 3.46. The molecule has 26 heavy (non-hydrogen) atoms. The van der Waals surface area contributed by atoms with E-state index in [4.69, 9.17) is 5.26 Å². The number of hydrogen-bond acceptors (Lipinski definition) is 2. The summed E-state index contributed by atoms with van der Waals surface area (Å²) < 4.78 is 1.97. The van der Waals surface area contributed by atoms with Gasteiger partial charge in [-0.25, -0.2) is 0 Å². The van der Waals surface area contributed by atoms with Gasteiger partial charge in [-0.1, -0.05) is 48.5 Å². The van der Waals surface area contributed by atoms with Crippen LogP contribution in [0, 0.1) is 11.3 Å². The first-order valence-electron chi connectivity index (χ1n) is 8.50. The number of carbonyl (C=O) groups is 1. The predicted molar refractivity (Wildman–Crippen MR) is 100 cm³/mol.